The maximum atomic E-state index is 13.2. The molecule has 4 amide bonds. The van der Waals surface area contributed by atoms with Gasteiger partial charge in [0.1, 0.15) is 5.57 Å². The Kier molecular flexibility index (Phi) is 4.95. The van der Waals surface area contributed by atoms with Crippen LogP contribution in [-0.2, 0) is 9.59 Å². The standard InChI is InChI=1S/C23H20ClN3O3/c1-13(2)26-12-15(16-7-4-5-9-20(16)26)11-17-21(28)25-23(30)27(22(17)29)19-10-6-8-18(24)14(19)3/h4-13H,1-3H3,(H,25,28,30)/b17-11+. The number of rotatable bonds is 3. The SMILES string of the molecule is Cc1c(Cl)cccc1N1C(=O)NC(=O)/C(=C\c2cn(C(C)C)c3ccccc23)C1=O. The van der Waals surface area contributed by atoms with E-state index in [2.05, 4.69) is 23.7 Å². The van der Waals surface area contributed by atoms with Crippen LogP contribution in [0, 0.1) is 6.92 Å². The summed E-state index contributed by atoms with van der Waals surface area (Å²) in [6.07, 6.45) is 3.45. The van der Waals surface area contributed by atoms with Gasteiger partial charge in [-0.25, -0.2) is 9.69 Å². The molecule has 4 rings (SSSR count). The molecule has 0 atom stereocenters. The summed E-state index contributed by atoms with van der Waals surface area (Å²) < 4.78 is 2.08. The Hall–Kier alpha value is -3.38. The van der Waals surface area contributed by atoms with E-state index in [9.17, 15) is 14.4 Å². The molecule has 6 nitrogen and oxygen atoms in total. The maximum absolute atomic E-state index is 13.2. The number of amides is 4. The molecule has 30 heavy (non-hydrogen) atoms. The molecule has 1 saturated heterocycles. The molecule has 0 spiro atoms. The smallest absolute Gasteiger partial charge is 0.335 e. The van der Waals surface area contributed by atoms with Gasteiger partial charge in [-0.3, -0.25) is 14.9 Å². The number of carbonyl (C=O) groups excluding carboxylic acids is 3. The van der Waals surface area contributed by atoms with Crippen molar-refractivity contribution in [3.8, 4) is 0 Å². The van der Waals surface area contributed by atoms with Crippen molar-refractivity contribution < 1.29 is 14.4 Å². The Morgan fingerprint density at radius 3 is 2.50 bits per heavy atom. The Morgan fingerprint density at radius 2 is 1.77 bits per heavy atom. The predicted molar refractivity (Wildman–Crippen MR) is 118 cm³/mol. The fourth-order valence-electron chi connectivity index (χ4n) is 3.64. The first-order valence-electron chi connectivity index (χ1n) is 9.55. The summed E-state index contributed by atoms with van der Waals surface area (Å²) in [7, 11) is 0. The zero-order valence-corrected chi connectivity index (χ0v) is 17.5. The van der Waals surface area contributed by atoms with Crippen molar-refractivity contribution in [3.63, 3.8) is 0 Å². The minimum Gasteiger partial charge on any atom is -0.344 e. The first kappa shape index (κ1) is 19.9. The number of hydrogen-bond acceptors (Lipinski definition) is 3. The highest BCUT2D eigenvalue weighted by Crippen LogP contribution is 2.31. The van der Waals surface area contributed by atoms with Crippen LogP contribution < -0.4 is 10.2 Å². The van der Waals surface area contributed by atoms with E-state index in [4.69, 9.17) is 11.6 Å². The lowest BCUT2D eigenvalue weighted by atomic mass is 10.1. The first-order chi connectivity index (χ1) is 14.3. The molecule has 152 valence electrons. The molecule has 3 aromatic rings. The normalized spacial score (nSPS) is 16.1. The highest BCUT2D eigenvalue weighted by molar-refractivity contribution is 6.40. The molecule has 2 heterocycles. The third kappa shape index (κ3) is 3.19. The number of nitrogens with zero attached hydrogens (tertiary/aromatic N) is 2. The number of carbonyl (C=O) groups is 3. The molecule has 0 saturated carbocycles. The van der Waals surface area contributed by atoms with Crippen LogP contribution in [0.1, 0.15) is 31.0 Å². The van der Waals surface area contributed by atoms with Gasteiger partial charge in [-0.2, -0.15) is 0 Å². The number of anilines is 1. The van der Waals surface area contributed by atoms with E-state index in [-0.39, 0.29) is 11.6 Å². The van der Waals surface area contributed by atoms with Gasteiger partial charge in [0.2, 0.25) is 0 Å². The number of halogens is 1. The molecule has 0 bridgehead atoms. The van der Waals surface area contributed by atoms with Crippen molar-refractivity contribution in [1.82, 2.24) is 9.88 Å². The second kappa shape index (κ2) is 7.46. The Bertz CT molecular complexity index is 1240. The lowest BCUT2D eigenvalue weighted by molar-refractivity contribution is -0.122. The molecule has 1 aromatic heterocycles. The van der Waals surface area contributed by atoms with E-state index >= 15 is 0 Å². The summed E-state index contributed by atoms with van der Waals surface area (Å²) in [5.74, 6) is -1.40. The van der Waals surface area contributed by atoms with Crippen molar-refractivity contribution in [2.24, 2.45) is 0 Å². The third-order valence-corrected chi connectivity index (χ3v) is 5.62. The van der Waals surface area contributed by atoms with Crippen molar-refractivity contribution >= 4 is 52.1 Å². The second-order valence-electron chi connectivity index (χ2n) is 7.44. The second-order valence-corrected chi connectivity index (χ2v) is 7.85. The van der Waals surface area contributed by atoms with Gasteiger partial charge in [-0.1, -0.05) is 35.9 Å². The molecule has 0 aliphatic carbocycles. The van der Waals surface area contributed by atoms with Gasteiger partial charge in [0.25, 0.3) is 11.8 Å². The van der Waals surface area contributed by atoms with Crippen LogP contribution in [0.3, 0.4) is 0 Å². The van der Waals surface area contributed by atoms with Gasteiger partial charge in [0.15, 0.2) is 0 Å². The van der Waals surface area contributed by atoms with E-state index in [0.29, 0.717) is 16.3 Å². The number of aromatic nitrogens is 1. The van der Waals surface area contributed by atoms with Crippen LogP contribution in [0.5, 0.6) is 0 Å². The maximum Gasteiger partial charge on any atom is 0.335 e. The first-order valence-corrected chi connectivity index (χ1v) is 9.93. The van der Waals surface area contributed by atoms with Crippen molar-refractivity contribution in [1.29, 1.82) is 0 Å². The quantitative estimate of drug-likeness (QED) is 0.485. The van der Waals surface area contributed by atoms with Gasteiger partial charge in [-0.05, 0) is 50.6 Å². The van der Waals surface area contributed by atoms with Crippen LogP contribution in [0.2, 0.25) is 5.02 Å². The van der Waals surface area contributed by atoms with E-state index in [1.807, 2.05) is 30.5 Å². The lowest BCUT2D eigenvalue weighted by Gasteiger charge is -2.27. The lowest BCUT2D eigenvalue weighted by Crippen LogP contribution is -2.54. The monoisotopic (exact) mass is 421 g/mol. The summed E-state index contributed by atoms with van der Waals surface area (Å²) in [4.78, 5) is 39.2. The molecular weight excluding hydrogens is 402 g/mol. The van der Waals surface area contributed by atoms with Crippen LogP contribution >= 0.6 is 11.6 Å². The number of imide groups is 2. The molecule has 0 radical (unpaired) electrons. The van der Waals surface area contributed by atoms with Crippen LogP contribution in [-0.4, -0.2) is 22.4 Å². The number of nitrogens with one attached hydrogen (secondary N) is 1. The highest BCUT2D eigenvalue weighted by atomic mass is 35.5. The minimum atomic E-state index is -0.794. The number of barbiturate groups is 1. The predicted octanol–water partition coefficient (Wildman–Crippen LogP) is 4.85. The molecule has 2 aromatic carbocycles. The largest absolute Gasteiger partial charge is 0.344 e. The van der Waals surface area contributed by atoms with Crippen molar-refractivity contribution in [2.75, 3.05) is 4.90 Å². The van der Waals surface area contributed by atoms with Gasteiger partial charge in [0.05, 0.1) is 5.69 Å². The van der Waals surface area contributed by atoms with Crippen LogP contribution in [0.15, 0.2) is 54.2 Å². The molecule has 1 aliphatic rings. The summed E-state index contributed by atoms with van der Waals surface area (Å²) in [6.45, 7) is 5.84. The van der Waals surface area contributed by atoms with E-state index in [1.54, 1.807) is 25.1 Å². The average Bonchev–Trinajstić information content (AvgIpc) is 3.07. The number of benzene rings is 2. The summed E-state index contributed by atoms with van der Waals surface area (Å²) in [5, 5.41) is 3.61. The van der Waals surface area contributed by atoms with Crippen molar-refractivity contribution in [2.45, 2.75) is 26.8 Å². The van der Waals surface area contributed by atoms with Gasteiger partial charge < -0.3 is 4.57 Å². The summed E-state index contributed by atoms with van der Waals surface area (Å²) >= 11 is 6.17. The molecular formula is C23H20ClN3O3. The van der Waals surface area contributed by atoms with Gasteiger partial charge >= 0.3 is 6.03 Å². The molecule has 7 heteroatoms. The van der Waals surface area contributed by atoms with Crippen LogP contribution in [0.4, 0.5) is 10.5 Å². The van der Waals surface area contributed by atoms with E-state index < -0.39 is 17.8 Å². The Morgan fingerprint density at radius 1 is 1.03 bits per heavy atom. The zero-order chi connectivity index (χ0) is 21.6. The number of fused-ring (bicyclic) bond motifs is 1. The number of hydrogen-bond donors (Lipinski definition) is 1. The Balaban J connectivity index is 1.85. The average molecular weight is 422 g/mol. The summed E-state index contributed by atoms with van der Waals surface area (Å²) in [5.41, 5.74) is 2.54. The van der Waals surface area contributed by atoms with E-state index in [0.717, 1.165) is 21.4 Å². The number of para-hydroxylation sites is 1. The summed E-state index contributed by atoms with van der Waals surface area (Å²) in [6, 6.07) is 12.1. The van der Waals surface area contributed by atoms with E-state index in [1.165, 1.54) is 6.08 Å². The molecule has 1 N–H and O–H groups in total. The minimum absolute atomic E-state index is 0.111. The molecule has 0 unspecified atom stereocenters. The van der Waals surface area contributed by atoms with Crippen molar-refractivity contribution in [3.05, 3.63) is 70.4 Å². The van der Waals surface area contributed by atoms with Gasteiger partial charge in [-0.15, -0.1) is 0 Å². The zero-order valence-electron chi connectivity index (χ0n) is 16.8. The topological polar surface area (TPSA) is 71.4 Å². The molecule has 1 aliphatic heterocycles. The van der Waals surface area contributed by atoms with Gasteiger partial charge in [0, 0.05) is 33.7 Å². The Labute approximate surface area is 178 Å². The third-order valence-electron chi connectivity index (χ3n) is 5.21. The highest BCUT2D eigenvalue weighted by Gasteiger charge is 2.37. The fraction of sp³-hybridized carbons (Fsp3) is 0.174. The molecule has 1 fully saturated rings. The number of urea groups is 1. The van der Waals surface area contributed by atoms with Crippen LogP contribution in [0.25, 0.3) is 17.0 Å². The fourth-order valence-corrected chi connectivity index (χ4v) is 3.81.